The van der Waals surface area contributed by atoms with Crippen molar-refractivity contribution in [2.75, 3.05) is 19.9 Å². The number of hydrogen-bond acceptors (Lipinski definition) is 4. The minimum atomic E-state index is -0.147. The van der Waals surface area contributed by atoms with E-state index in [9.17, 15) is 9.59 Å². The lowest BCUT2D eigenvalue weighted by Gasteiger charge is -2.41. The molecule has 1 atom stereocenters. The monoisotopic (exact) mass is 368 g/mol. The van der Waals surface area contributed by atoms with E-state index >= 15 is 0 Å². The van der Waals surface area contributed by atoms with Crippen LogP contribution in [0.4, 0.5) is 0 Å². The third kappa shape index (κ3) is 3.84. The number of likely N-dealkylation sites (tertiary alicyclic amines) is 1. The first-order valence-electron chi connectivity index (χ1n) is 9.34. The quantitative estimate of drug-likeness (QED) is 0.832. The Bertz CT molecular complexity index is 907. The van der Waals surface area contributed by atoms with Crippen molar-refractivity contribution in [3.8, 4) is 11.5 Å². The molecule has 0 radical (unpaired) electrons. The zero-order valence-electron chi connectivity index (χ0n) is 15.5. The Kier molecular flexibility index (Phi) is 4.64. The fraction of sp³-hybridized carbons (Fsp3) is 0.429. The highest BCUT2D eigenvalue weighted by Crippen LogP contribution is 2.37. The molecule has 1 aromatic heterocycles. The smallest absolute Gasteiger partial charge is 0.250 e. The number of amides is 1. The maximum atomic E-state index is 12.7. The molecule has 1 amide bonds. The van der Waals surface area contributed by atoms with Gasteiger partial charge in [0, 0.05) is 25.4 Å². The van der Waals surface area contributed by atoms with Crippen LogP contribution in [0.3, 0.4) is 0 Å². The first-order valence-corrected chi connectivity index (χ1v) is 9.34. The maximum absolute atomic E-state index is 12.7. The molecule has 2 aliphatic rings. The van der Waals surface area contributed by atoms with Crippen LogP contribution >= 0.6 is 0 Å². The number of benzene rings is 1. The molecule has 4 rings (SSSR count). The number of piperidine rings is 1. The molecule has 2 aliphatic heterocycles. The van der Waals surface area contributed by atoms with Gasteiger partial charge >= 0.3 is 0 Å². The summed E-state index contributed by atoms with van der Waals surface area (Å²) in [6.45, 7) is 4.04. The van der Waals surface area contributed by atoms with E-state index in [2.05, 4.69) is 13.0 Å². The van der Waals surface area contributed by atoms with Crippen LogP contribution in [0.2, 0.25) is 0 Å². The van der Waals surface area contributed by atoms with Crippen molar-refractivity contribution in [1.29, 1.82) is 0 Å². The zero-order chi connectivity index (χ0) is 18.9. The van der Waals surface area contributed by atoms with Crippen molar-refractivity contribution in [3.05, 3.63) is 58.5 Å². The molecular formula is C21H24N2O4. The summed E-state index contributed by atoms with van der Waals surface area (Å²) in [5.74, 6) is 1.58. The van der Waals surface area contributed by atoms with Gasteiger partial charge in [-0.25, -0.2) is 0 Å². The Hall–Kier alpha value is -2.76. The second-order valence-corrected chi connectivity index (χ2v) is 7.76. The van der Waals surface area contributed by atoms with Gasteiger partial charge in [0.05, 0.1) is 0 Å². The molecule has 6 nitrogen and oxygen atoms in total. The summed E-state index contributed by atoms with van der Waals surface area (Å²) in [5.41, 5.74) is 1.05. The first-order chi connectivity index (χ1) is 13.0. The Morgan fingerprint density at radius 1 is 1.19 bits per heavy atom. The summed E-state index contributed by atoms with van der Waals surface area (Å²) in [6, 6.07) is 11.0. The summed E-state index contributed by atoms with van der Waals surface area (Å²) in [7, 11) is 0. The van der Waals surface area contributed by atoms with Gasteiger partial charge in [-0.3, -0.25) is 9.59 Å². The maximum Gasteiger partial charge on any atom is 0.250 e. The second kappa shape index (κ2) is 7.10. The molecule has 1 aromatic carbocycles. The number of rotatable bonds is 4. The fourth-order valence-electron chi connectivity index (χ4n) is 4.05. The van der Waals surface area contributed by atoms with E-state index in [1.54, 1.807) is 18.3 Å². The average Bonchev–Trinajstić information content (AvgIpc) is 3.11. The molecule has 1 fully saturated rings. The van der Waals surface area contributed by atoms with Gasteiger partial charge in [-0.2, -0.15) is 0 Å². The molecule has 0 saturated carbocycles. The molecule has 0 aliphatic carbocycles. The second-order valence-electron chi connectivity index (χ2n) is 7.76. The lowest BCUT2D eigenvalue weighted by Crippen LogP contribution is -2.47. The molecule has 6 heteroatoms. The zero-order valence-corrected chi connectivity index (χ0v) is 15.5. The summed E-state index contributed by atoms with van der Waals surface area (Å²) < 4.78 is 12.3. The first kappa shape index (κ1) is 17.6. The van der Waals surface area contributed by atoms with Crippen molar-refractivity contribution in [2.45, 2.75) is 32.7 Å². The number of carbonyl (C=O) groups excluding carboxylic acids is 1. The third-order valence-electron chi connectivity index (χ3n) is 5.41. The van der Waals surface area contributed by atoms with Gasteiger partial charge in [0.15, 0.2) is 11.5 Å². The molecular weight excluding hydrogens is 344 g/mol. The molecule has 0 bridgehead atoms. The number of pyridine rings is 1. The van der Waals surface area contributed by atoms with Crippen LogP contribution in [-0.2, 0) is 17.8 Å². The number of ether oxygens (including phenoxy) is 2. The molecule has 3 heterocycles. The van der Waals surface area contributed by atoms with Gasteiger partial charge < -0.3 is 18.9 Å². The van der Waals surface area contributed by atoms with Crippen molar-refractivity contribution >= 4 is 5.91 Å². The van der Waals surface area contributed by atoms with E-state index in [-0.39, 0.29) is 30.2 Å². The number of nitrogens with zero attached hydrogens (tertiary/aromatic N) is 2. The van der Waals surface area contributed by atoms with Crippen LogP contribution < -0.4 is 15.0 Å². The SMILES string of the molecule is C[C@]1(Cc2ccc3c(c2)OCO3)CCCN(C(=O)Cn2ccccc2=O)C1. The molecule has 0 unspecified atom stereocenters. The Balaban J connectivity index is 1.44. The van der Waals surface area contributed by atoms with Crippen molar-refractivity contribution < 1.29 is 14.3 Å². The van der Waals surface area contributed by atoms with E-state index < -0.39 is 0 Å². The van der Waals surface area contributed by atoms with Crippen molar-refractivity contribution in [2.24, 2.45) is 5.41 Å². The topological polar surface area (TPSA) is 60.8 Å². The van der Waals surface area contributed by atoms with Gasteiger partial charge in [0.25, 0.3) is 5.56 Å². The minimum Gasteiger partial charge on any atom is -0.454 e. The van der Waals surface area contributed by atoms with Crippen molar-refractivity contribution in [3.63, 3.8) is 0 Å². The van der Waals surface area contributed by atoms with Crippen LogP contribution in [0.15, 0.2) is 47.4 Å². The highest BCUT2D eigenvalue weighted by Gasteiger charge is 2.33. The average molecular weight is 368 g/mol. The molecule has 0 spiro atoms. The number of carbonyl (C=O) groups is 1. The van der Waals surface area contributed by atoms with E-state index in [0.717, 1.165) is 37.3 Å². The van der Waals surface area contributed by atoms with Gasteiger partial charge in [-0.05, 0) is 48.4 Å². The molecule has 1 saturated heterocycles. The molecule has 142 valence electrons. The Morgan fingerprint density at radius 3 is 2.89 bits per heavy atom. The van der Waals surface area contributed by atoms with Crippen LogP contribution in [0.1, 0.15) is 25.3 Å². The summed E-state index contributed by atoms with van der Waals surface area (Å²) in [4.78, 5) is 26.5. The largest absolute Gasteiger partial charge is 0.454 e. The van der Waals surface area contributed by atoms with Crippen LogP contribution in [0, 0.1) is 5.41 Å². The van der Waals surface area contributed by atoms with E-state index in [1.807, 2.05) is 17.0 Å². The van der Waals surface area contributed by atoms with Gasteiger partial charge in [-0.15, -0.1) is 0 Å². The summed E-state index contributed by atoms with van der Waals surface area (Å²) in [6.07, 6.45) is 4.57. The number of fused-ring (bicyclic) bond motifs is 1. The Morgan fingerprint density at radius 2 is 2.04 bits per heavy atom. The third-order valence-corrected chi connectivity index (χ3v) is 5.41. The Labute approximate surface area is 158 Å². The predicted octanol–water partition coefficient (Wildman–Crippen LogP) is 2.45. The van der Waals surface area contributed by atoms with Gasteiger partial charge in [0.2, 0.25) is 12.7 Å². The number of hydrogen-bond donors (Lipinski definition) is 0. The summed E-state index contributed by atoms with van der Waals surface area (Å²) in [5, 5.41) is 0. The highest BCUT2D eigenvalue weighted by atomic mass is 16.7. The van der Waals surface area contributed by atoms with Gasteiger partial charge in [0.1, 0.15) is 6.54 Å². The highest BCUT2D eigenvalue weighted by molar-refractivity contribution is 5.76. The summed E-state index contributed by atoms with van der Waals surface area (Å²) >= 11 is 0. The molecule has 0 N–H and O–H groups in total. The van der Waals surface area contributed by atoms with Crippen LogP contribution in [-0.4, -0.2) is 35.3 Å². The normalized spacial score (nSPS) is 21.3. The fourth-order valence-corrected chi connectivity index (χ4v) is 4.05. The van der Waals surface area contributed by atoms with Crippen LogP contribution in [0.25, 0.3) is 0 Å². The molecule has 27 heavy (non-hydrogen) atoms. The van der Waals surface area contributed by atoms with E-state index in [1.165, 1.54) is 16.2 Å². The lowest BCUT2D eigenvalue weighted by atomic mass is 9.77. The van der Waals surface area contributed by atoms with E-state index in [0.29, 0.717) is 6.54 Å². The van der Waals surface area contributed by atoms with Crippen LogP contribution in [0.5, 0.6) is 11.5 Å². The number of aromatic nitrogens is 1. The lowest BCUT2D eigenvalue weighted by molar-refractivity contribution is -0.135. The molecule has 2 aromatic rings. The van der Waals surface area contributed by atoms with E-state index in [4.69, 9.17) is 9.47 Å². The minimum absolute atomic E-state index is 0.0000818. The standard InChI is InChI=1S/C21H24N2O4/c1-21(12-16-6-7-17-18(11-16)27-15-26-17)8-4-10-23(14-21)20(25)13-22-9-3-2-5-19(22)24/h2-3,5-7,9,11H,4,8,10,12-15H2,1H3/t21-/m1/s1. The van der Waals surface area contributed by atoms with Gasteiger partial charge in [-0.1, -0.05) is 19.1 Å². The predicted molar refractivity (Wildman–Crippen MR) is 101 cm³/mol. The van der Waals surface area contributed by atoms with Crippen molar-refractivity contribution in [1.82, 2.24) is 9.47 Å².